The van der Waals surface area contributed by atoms with Crippen molar-refractivity contribution in [3.8, 4) is 10.8 Å². The molecule has 0 fully saturated rings. The molecule has 0 bridgehead atoms. The van der Waals surface area contributed by atoms with E-state index in [9.17, 15) is 0 Å². The minimum absolute atomic E-state index is 1.05. The van der Waals surface area contributed by atoms with Crippen LogP contribution in [-0.4, -0.2) is 5.33 Å². The van der Waals surface area contributed by atoms with Gasteiger partial charge < -0.3 is 0 Å². The largest absolute Gasteiger partial charge is 0.0928 e. The quantitative estimate of drug-likeness (QED) is 0.369. The molecular formula is C10H16Br2. The molecule has 0 spiro atoms. The first-order valence-electron chi connectivity index (χ1n) is 4.56. The lowest BCUT2D eigenvalue weighted by molar-refractivity contribution is 0.616. The van der Waals surface area contributed by atoms with Gasteiger partial charge in [0.05, 0.1) is 0 Å². The standard InChI is InChI=1S/C10H16Br2/c11-9-7-5-3-1-2-4-6-8-10-12/h1-7,9H2. The fourth-order valence-electron chi connectivity index (χ4n) is 1.06. The SMILES string of the molecule is BrC#CCCCCCCCCBr. The van der Waals surface area contributed by atoms with Gasteiger partial charge in [0, 0.05) is 27.7 Å². The second-order valence-corrected chi connectivity index (χ2v) is 4.02. The number of hydrogen-bond acceptors (Lipinski definition) is 0. The van der Waals surface area contributed by atoms with Crippen LogP contribution in [0.25, 0.3) is 0 Å². The van der Waals surface area contributed by atoms with Crippen molar-refractivity contribution >= 4 is 31.9 Å². The predicted molar refractivity (Wildman–Crippen MR) is 62.8 cm³/mol. The zero-order valence-electron chi connectivity index (χ0n) is 7.41. The highest BCUT2D eigenvalue weighted by Gasteiger charge is 1.88. The lowest BCUT2D eigenvalue weighted by atomic mass is 10.1. The molecule has 0 atom stereocenters. The molecule has 0 amide bonds. The molecule has 0 aliphatic carbocycles. The highest BCUT2D eigenvalue weighted by molar-refractivity contribution is 9.12. The third-order valence-electron chi connectivity index (χ3n) is 1.75. The Morgan fingerprint density at radius 3 is 2.00 bits per heavy atom. The molecule has 0 aromatic rings. The summed E-state index contributed by atoms with van der Waals surface area (Å²) >= 11 is 6.52. The van der Waals surface area contributed by atoms with Crippen LogP contribution in [-0.2, 0) is 0 Å². The molecule has 70 valence electrons. The van der Waals surface area contributed by atoms with Crippen molar-refractivity contribution in [3.05, 3.63) is 0 Å². The van der Waals surface area contributed by atoms with E-state index in [1.54, 1.807) is 0 Å². The van der Waals surface area contributed by atoms with Crippen molar-refractivity contribution in [2.45, 2.75) is 44.9 Å². The van der Waals surface area contributed by atoms with Crippen molar-refractivity contribution in [1.82, 2.24) is 0 Å². The van der Waals surface area contributed by atoms with Gasteiger partial charge >= 0.3 is 0 Å². The molecule has 0 N–H and O–H groups in total. The Balaban J connectivity index is 2.84. The van der Waals surface area contributed by atoms with Gasteiger partial charge in [-0.05, 0) is 17.7 Å². The Morgan fingerprint density at radius 2 is 1.42 bits per heavy atom. The van der Waals surface area contributed by atoms with Crippen molar-refractivity contribution in [1.29, 1.82) is 0 Å². The van der Waals surface area contributed by atoms with E-state index in [1.165, 1.54) is 38.5 Å². The Labute approximate surface area is 92.8 Å². The lowest BCUT2D eigenvalue weighted by Crippen LogP contribution is -1.79. The number of alkyl halides is 1. The third-order valence-corrected chi connectivity index (χ3v) is 2.59. The molecule has 12 heavy (non-hydrogen) atoms. The van der Waals surface area contributed by atoms with Crippen LogP contribution in [0.1, 0.15) is 44.9 Å². The van der Waals surface area contributed by atoms with Crippen LogP contribution < -0.4 is 0 Å². The van der Waals surface area contributed by atoms with Gasteiger partial charge in [-0.25, -0.2) is 0 Å². The summed E-state index contributed by atoms with van der Waals surface area (Å²) < 4.78 is 0. The molecule has 2 heteroatoms. The number of rotatable bonds is 7. The first-order chi connectivity index (χ1) is 5.91. The Kier molecular flexibility index (Phi) is 12.0. The van der Waals surface area contributed by atoms with Crippen LogP contribution >= 0.6 is 31.9 Å². The Hall–Kier alpha value is 0.520. The molecule has 0 heterocycles. The lowest BCUT2D eigenvalue weighted by Gasteiger charge is -1.97. The maximum absolute atomic E-state index is 3.43. The van der Waals surface area contributed by atoms with Gasteiger partial charge in [-0.3, -0.25) is 0 Å². The van der Waals surface area contributed by atoms with E-state index in [1.807, 2.05) is 0 Å². The van der Waals surface area contributed by atoms with Crippen LogP contribution in [0.2, 0.25) is 0 Å². The van der Waals surface area contributed by atoms with Crippen molar-refractivity contribution in [2.24, 2.45) is 0 Å². The first kappa shape index (κ1) is 12.5. The smallest absolute Gasteiger partial charge is 0.0106 e. The minimum atomic E-state index is 1.05. The molecule has 0 aliphatic rings. The predicted octanol–water partition coefficient (Wildman–Crippen LogP) is 4.47. The molecule has 0 aromatic heterocycles. The van der Waals surface area contributed by atoms with Crippen LogP contribution in [0.15, 0.2) is 0 Å². The van der Waals surface area contributed by atoms with Crippen molar-refractivity contribution in [3.63, 3.8) is 0 Å². The van der Waals surface area contributed by atoms with Crippen molar-refractivity contribution < 1.29 is 0 Å². The van der Waals surface area contributed by atoms with E-state index in [0.717, 1.165) is 11.8 Å². The maximum Gasteiger partial charge on any atom is 0.0106 e. The van der Waals surface area contributed by atoms with Crippen LogP contribution in [0.3, 0.4) is 0 Å². The molecule has 0 radical (unpaired) electrons. The summed E-state index contributed by atoms with van der Waals surface area (Å²) in [7, 11) is 0. The Bertz CT molecular complexity index is 133. The summed E-state index contributed by atoms with van der Waals surface area (Å²) in [6.07, 6.45) is 9.08. The topological polar surface area (TPSA) is 0 Å². The highest BCUT2D eigenvalue weighted by Crippen LogP contribution is 2.07. The summed E-state index contributed by atoms with van der Waals surface area (Å²) in [5.74, 6) is 3.01. The fraction of sp³-hybridized carbons (Fsp3) is 0.800. The normalized spacial score (nSPS) is 9.17. The van der Waals surface area contributed by atoms with Crippen LogP contribution in [0.5, 0.6) is 0 Å². The Morgan fingerprint density at radius 1 is 0.833 bits per heavy atom. The minimum Gasteiger partial charge on any atom is -0.0928 e. The molecule has 0 rings (SSSR count). The van der Waals surface area contributed by atoms with Gasteiger partial charge in [-0.1, -0.05) is 47.5 Å². The molecule has 0 saturated carbocycles. The van der Waals surface area contributed by atoms with E-state index in [-0.39, 0.29) is 0 Å². The van der Waals surface area contributed by atoms with Gasteiger partial charge in [-0.2, -0.15) is 0 Å². The summed E-state index contributed by atoms with van der Waals surface area (Å²) in [6.45, 7) is 0. The average Bonchev–Trinajstić information content (AvgIpc) is 2.10. The van der Waals surface area contributed by atoms with E-state index >= 15 is 0 Å². The second-order valence-electron chi connectivity index (χ2n) is 2.83. The maximum atomic E-state index is 3.43. The number of hydrogen-bond donors (Lipinski definition) is 0. The summed E-state index contributed by atoms with van der Waals surface area (Å²) in [4.78, 5) is 2.74. The zero-order chi connectivity index (χ0) is 9.07. The summed E-state index contributed by atoms with van der Waals surface area (Å²) in [5, 5.41) is 1.15. The van der Waals surface area contributed by atoms with Crippen LogP contribution in [0, 0.1) is 10.8 Å². The molecule has 0 nitrogen and oxygen atoms in total. The fourth-order valence-corrected chi connectivity index (χ4v) is 1.66. The summed E-state index contributed by atoms with van der Waals surface area (Å²) in [6, 6.07) is 0. The highest BCUT2D eigenvalue weighted by atomic mass is 79.9. The van der Waals surface area contributed by atoms with Gasteiger partial charge in [0.1, 0.15) is 0 Å². The van der Waals surface area contributed by atoms with E-state index in [4.69, 9.17) is 0 Å². The van der Waals surface area contributed by atoms with E-state index in [2.05, 4.69) is 42.6 Å². The number of halogens is 2. The zero-order valence-corrected chi connectivity index (χ0v) is 10.6. The van der Waals surface area contributed by atoms with Gasteiger partial charge in [0.2, 0.25) is 0 Å². The first-order valence-corrected chi connectivity index (χ1v) is 6.47. The van der Waals surface area contributed by atoms with E-state index < -0.39 is 0 Å². The van der Waals surface area contributed by atoms with Gasteiger partial charge in [0.25, 0.3) is 0 Å². The second kappa shape index (κ2) is 11.5. The third kappa shape index (κ3) is 10.5. The molecular weight excluding hydrogens is 280 g/mol. The monoisotopic (exact) mass is 294 g/mol. The van der Waals surface area contributed by atoms with Gasteiger partial charge in [0.15, 0.2) is 0 Å². The molecule has 0 aliphatic heterocycles. The van der Waals surface area contributed by atoms with Gasteiger partial charge in [-0.15, -0.1) is 0 Å². The molecule has 0 aromatic carbocycles. The van der Waals surface area contributed by atoms with Crippen molar-refractivity contribution in [2.75, 3.05) is 5.33 Å². The molecule has 0 saturated heterocycles. The van der Waals surface area contributed by atoms with E-state index in [0.29, 0.717) is 0 Å². The summed E-state index contributed by atoms with van der Waals surface area (Å²) in [5.41, 5.74) is 0. The van der Waals surface area contributed by atoms with Crippen LogP contribution in [0.4, 0.5) is 0 Å². The number of unbranched alkanes of at least 4 members (excludes halogenated alkanes) is 6. The molecule has 0 unspecified atom stereocenters. The average molecular weight is 296 g/mol.